The van der Waals surface area contributed by atoms with E-state index in [0.29, 0.717) is 23.1 Å². The Morgan fingerprint density at radius 3 is 2.30 bits per heavy atom. The standard InChI is InChI=1S/C21H22F2N2O2/c22-17-3-6-20(19(23)11-17)27-18-4-1-14(2-5-18)21(26)25-9-7-15-12-24-13-16(15)8-10-25/h1-6,11,15-16,24H,7-10,12-13H2/t15-,16+. The van der Waals surface area contributed by atoms with Crippen molar-refractivity contribution in [2.45, 2.75) is 12.8 Å². The summed E-state index contributed by atoms with van der Waals surface area (Å²) in [7, 11) is 0. The topological polar surface area (TPSA) is 41.6 Å². The van der Waals surface area contributed by atoms with Crippen molar-refractivity contribution < 1.29 is 18.3 Å². The molecule has 0 spiro atoms. The third kappa shape index (κ3) is 3.95. The lowest BCUT2D eigenvalue weighted by molar-refractivity contribution is 0.0758. The van der Waals surface area contributed by atoms with Gasteiger partial charge in [0.15, 0.2) is 11.6 Å². The fourth-order valence-corrected chi connectivity index (χ4v) is 3.95. The zero-order valence-corrected chi connectivity index (χ0v) is 15.0. The number of carbonyl (C=O) groups is 1. The van der Waals surface area contributed by atoms with Crippen LogP contribution >= 0.6 is 0 Å². The summed E-state index contributed by atoms with van der Waals surface area (Å²) in [6, 6.07) is 9.79. The number of nitrogens with one attached hydrogen (secondary N) is 1. The molecule has 1 amide bonds. The molecule has 2 aromatic carbocycles. The van der Waals surface area contributed by atoms with Crippen LogP contribution < -0.4 is 10.1 Å². The summed E-state index contributed by atoms with van der Waals surface area (Å²) in [5, 5.41) is 3.44. The van der Waals surface area contributed by atoms with Crippen LogP contribution in [0.4, 0.5) is 8.78 Å². The van der Waals surface area contributed by atoms with E-state index in [0.717, 1.165) is 51.2 Å². The second-order valence-electron chi connectivity index (χ2n) is 7.25. The predicted molar refractivity (Wildman–Crippen MR) is 97.9 cm³/mol. The minimum absolute atomic E-state index is 0.0162. The molecular weight excluding hydrogens is 350 g/mol. The fourth-order valence-electron chi connectivity index (χ4n) is 3.95. The Morgan fingerprint density at radius 2 is 1.67 bits per heavy atom. The van der Waals surface area contributed by atoms with Gasteiger partial charge in [0.1, 0.15) is 11.6 Å². The summed E-state index contributed by atoms with van der Waals surface area (Å²) in [6.07, 6.45) is 2.07. The molecule has 4 nitrogen and oxygen atoms in total. The zero-order chi connectivity index (χ0) is 18.8. The number of hydrogen-bond donors (Lipinski definition) is 1. The predicted octanol–water partition coefficient (Wildman–Crippen LogP) is 3.83. The minimum atomic E-state index is -0.764. The molecule has 2 heterocycles. The van der Waals surface area contributed by atoms with E-state index >= 15 is 0 Å². The van der Waals surface area contributed by atoms with Gasteiger partial charge in [0, 0.05) is 24.7 Å². The highest BCUT2D eigenvalue weighted by molar-refractivity contribution is 5.94. The molecular formula is C21H22F2N2O2. The van der Waals surface area contributed by atoms with Crippen molar-refractivity contribution in [3.8, 4) is 11.5 Å². The van der Waals surface area contributed by atoms with Crippen LogP contribution in [0.5, 0.6) is 11.5 Å². The maximum absolute atomic E-state index is 13.7. The Bertz CT molecular complexity index is 811. The van der Waals surface area contributed by atoms with Gasteiger partial charge in [0.05, 0.1) is 0 Å². The molecule has 6 heteroatoms. The minimum Gasteiger partial charge on any atom is -0.454 e. The zero-order valence-electron chi connectivity index (χ0n) is 15.0. The second-order valence-corrected chi connectivity index (χ2v) is 7.25. The van der Waals surface area contributed by atoms with Crippen molar-refractivity contribution >= 4 is 5.91 Å². The summed E-state index contributed by atoms with van der Waals surface area (Å²) in [4.78, 5) is 14.7. The number of likely N-dealkylation sites (tertiary alicyclic amines) is 1. The molecule has 27 heavy (non-hydrogen) atoms. The molecule has 2 fully saturated rings. The number of ether oxygens (including phenoxy) is 1. The molecule has 0 saturated carbocycles. The third-order valence-electron chi connectivity index (χ3n) is 5.53. The summed E-state index contributed by atoms with van der Waals surface area (Å²) in [6.45, 7) is 3.67. The van der Waals surface area contributed by atoms with E-state index in [1.54, 1.807) is 24.3 Å². The van der Waals surface area contributed by atoms with Crippen LogP contribution in [-0.2, 0) is 0 Å². The van der Waals surface area contributed by atoms with Crippen LogP contribution in [0.25, 0.3) is 0 Å². The van der Waals surface area contributed by atoms with E-state index in [9.17, 15) is 13.6 Å². The van der Waals surface area contributed by atoms with Crippen LogP contribution in [0.2, 0.25) is 0 Å². The van der Waals surface area contributed by atoms with E-state index in [1.807, 2.05) is 4.90 Å². The third-order valence-corrected chi connectivity index (χ3v) is 5.53. The average Bonchev–Trinajstić information content (AvgIpc) is 3.02. The van der Waals surface area contributed by atoms with Gasteiger partial charge in [0.2, 0.25) is 0 Å². The number of carbonyl (C=O) groups excluding carboxylic acids is 1. The number of amides is 1. The first-order valence-electron chi connectivity index (χ1n) is 9.33. The number of fused-ring (bicyclic) bond motifs is 1. The lowest BCUT2D eigenvalue weighted by Gasteiger charge is -2.21. The normalized spacial score (nSPS) is 22.2. The van der Waals surface area contributed by atoms with Gasteiger partial charge in [-0.05, 0) is 74.2 Å². The lowest BCUT2D eigenvalue weighted by Crippen LogP contribution is -2.32. The SMILES string of the molecule is O=C(c1ccc(Oc2ccc(F)cc2F)cc1)N1CC[C@@H]2CNC[C@@H]2CC1. The largest absolute Gasteiger partial charge is 0.454 e. The molecule has 2 aliphatic rings. The quantitative estimate of drug-likeness (QED) is 0.890. The van der Waals surface area contributed by atoms with Gasteiger partial charge in [-0.25, -0.2) is 8.78 Å². The first kappa shape index (κ1) is 17.9. The van der Waals surface area contributed by atoms with Gasteiger partial charge in [-0.1, -0.05) is 0 Å². The number of halogens is 2. The molecule has 142 valence electrons. The van der Waals surface area contributed by atoms with Crippen molar-refractivity contribution in [3.63, 3.8) is 0 Å². The van der Waals surface area contributed by atoms with Gasteiger partial charge < -0.3 is 15.0 Å². The van der Waals surface area contributed by atoms with Gasteiger partial charge in [-0.15, -0.1) is 0 Å². The Hall–Kier alpha value is -2.47. The van der Waals surface area contributed by atoms with E-state index in [2.05, 4.69) is 5.32 Å². The van der Waals surface area contributed by atoms with E-state index in [-0.39, 0.29) is 11.7 Å². The molecule has 4 rings (SSSR count). The molecule has 0 unspecified atom stereocenters. The van der Waals surface area contributed by atoms with Gasteiger partial charge in [-0.2, -0.15) is 0 Å². The lowest BCUT2D eigenvalue weighted by atomic mass is 9.92. The van der Waals surface area contributed by atoms with E-state index in [4.69, 9.17) is 4.74 Å². The summed E-state index contributed by atoms with van der Waals surface area (Å²) in [5.41, 5.74) is 0.590. The summed E-state index contributed by atoms with van der Waals surface area (Å²) < 4.78 is 32.1. The van der Waals surface area contributed by atoms with E-state index in [1.165, 1.54) is 6.07 Å². The van der Waals surface area contributed by atoms with Crippen LogP contribution in [0.15, 0.2) is 42.5 Å². The first-order valence-corrected chi connectivity index (χ1v) is 9.33. The molecule has 2 atom stereocenters. The first-order chi connectivity index (χ1) is 13.1. The van der Waals surface area contributed by atoms with Crippen LogP contribution in [0, 0.1) is 23.5 Å². The van der Waals surface area contributed by atoms with Crippen molar-refractivity contribution in [1.29, 1.82) is 0 Å². The van der Waals surface area contributed by atoms with E-state index < -0.39 is 11.6 Å². The van der Waals surface area contributed by atoms with Crippen molar-refractivity contribution in [1.82, 2.24) is 10.2 Å². The number of rotatable bonds is 3. The smallest absolute Gasteiger partial charge is 0.253 e. The van der Waals surface area contributed by atoms with Crippen LogP contribution in [0.3, 0.4) is 0 Å². The van der Waals surface area contributed by atoms with Crippen molar-refractivity contribution in [2.75, 3.05) is 26.2 Å². The molecule has 0 radical (unpaired) electrons. The Kier molecular flexibility index (Phi) is 5.07. The van der Waals surface area contributed by atoms with Gasteiger partial charge in [0.25, 0.3) is 5.91 Å². The molecule has 0 aromatic heterocycles. The Labute approximate surface area is 157 Å². The monoisotopic (exact) mass is 372 g/mol. The molecule has 2 saturated heterocycles. The Morgan fingerprint density at radius 1 is 1.00 bits per heavy atom. The molecule has 0 bridgehead atoms. The number of hydrogen-bond acceptors (Lipinski definition) is 3. The van der Waals surface area contributed by atoms with Gasteiger partial charge in [-0.3, -0.25) is 4.79 Å². The highest BCUT2D eigenvalue weighted by Crippen LogP contribution is 2.28. The average molecular weight is 372 g/mol. The number of benzene rings is 2. The van der Waals surface area contributed by atoms with Crippen molar-refractivity contribution in [3.05, 3.63) is 59.7 Å². The summed E-state index contributed by atoms with van der Waals surface area (Å²) >= 11 is 0. The highest BCUT2D eigenvalue weighted by Gasteiger charge is 2.31. The highest BCUT2D eigenvalue weighted by atomic mass is 19.1. The molecule has 1 N–H and O–H groups in total. The van der Waals surface area contributed by atoms with Crippen molar-refractivity contribution in [2.24, 2.45) is 11.8 Å². The molecule has 2 aliphatic heterocycles. The Balaban J connectivity index is 1.41. The number of nitrogens with zero attached hydrogens (tertiary/aromatic N) is 1. The molecule has 2 aromatic rings. The molecule has 0 aliphatic carbocycles. The maximum atomic E-state index is 13.7. The van der Waals surface area contributed by atoms with Gasteiger partial charge >= 0.3 is 0 Å². The summed E-state index contributed by atoms with van der Waals surface area (Å²) in [5.74, 6) is 0.283. The fraction of sp³-hybridized carbons (Fsp3) is 0.381. The second kappa shape index (κ2) is 7.64. The van der Waals surface area contributed by atoms with Crippen LogP contribution in [-0.4, -0.2) is 37.0 Å². The maximum Gasteiger partial charge on any atom is 0.253 e. The van der Waals surface area contributed by atoms with Crippen LogP contribution in [0.1, 0.15) is 23.2 Å².